The maximum Gasteiger partial charge on any atom is 0.0256 e. The summed E-state index contributed by atoms with van der Waals surface area (Å²) in [5, 5.41) is 3.88. The van der Waals surface area contributed by atoms with Crippen molar-refractivity contribution in [2.45, 2.75) is 69.6 Å². The van der Waals surface area contributed by atoms with Crippen LogP contribution in [0, 0.1) is 5.92 Å². The Bertz CT molecular complexity index is 211. The Balaban J connectivity index is 1.79. The van der Waals surface area contributed by atoms with Gasteiger partial charge in [0.05, 0.1) is 0 Å². The van der Waals surface area contributed by atoms with Gasteiger partial charge in [-0.25, -0.2) is 0 Å². The van der Waals surface area contributed by atoms with Crippen molar-refractivity contribution in [1.29, 1.82) is 0 Å². The van der Waals surface area contributed by atoms with Crippen molar-refractivity contribution in [2.75, 3.05) is 12.3 Å². The Morgan fingerprint density at radius 2 is 2.06 bits per heavy atom. The smallest absolute Gasteiger partial charge is 0.0256 e. The van der Waals surface area contributed by atoms with E-state index in [0.29, 0.717) is 4.75 Å². The van der Waals surface area contributed by atoms with E-state index in [-0.39, 0.29) is 0 Å². The fraction of sp³-hybridized carbons (Fsp3) is 1.00. The Labute approximate surface area is 105 Å². The molecule has 94 valence electrons. The zero-order chi connectivity index (χ0) is 11.4. The fourth-order valence-electron chi connectivity index (χ4n) is 3.29. The maximum absolute atomic E-state index is 3.88. The molecule has 1 heterocycles. The van der Waals surface area contributed by atoms with Gasteiger partial charge in [-0.2, -0.15) is 11.8 Å². The van der Waals surface area contributed by atoms with Gasteiger partial charge in [-0.05, 0) is 44.3 Å². The third kappa shape index (κ3) is 3.16. The number of hydrogen-bond acceptors (Lipinski definition) is 2. The van der Waals surface area contributed by atoms with Gasteiger partial charge in [-0.1, -0.05) is 26.2 Å². The summed E-state index contributed by atoms with van der Waals surface area (Å²) < 4.78 is 0.537. The minimum Gasteiger partial charge on any atom is -0.312 e. The first-order valence-corrected chi connectivity index (χ1v) is 8.09. The normalized spacial score (nSPS) is 40.1. The molecule has 2 fully saturated rings. The molecule has 3 unspecified atom stereocenters. The van der Waals surface area contributed by atoms with Gasteiger partial charge in [0, 0.05) is 17.3 Å². The standard InChI is InChI=1S/C14H27NS/c1-3-12-7-4-5-8-13(12)15-11-14(2)9-6-10-16-14/h12-13,15H,3-11H2,1-2H3. The molecule has 0 aromatic rings. The highest BCUT2D eigenvalue weighted by molar-refractivity contribution is 8.00. The predicted molar refractivity (Wildman–Crippen MR) is 74.1 cm³/mol. The first-order valence-electron chi connectivity index (χ1n) is 7.11. The highest BCUT2D eigenvalue weighted by Crippen LogP contribution is 2.37. The van der Waals surface area contributed by atoms with Gasteiger partial charge in [0.15, 0.2) is 0 Å². The summed E-state index contributed by atoms with van der Waals surface area (Å²) in [5.41, 5.74) is 0. The summed E-state index contributed by atoms with van der Waals surface area (Å²) in [4.78, 5) is 0. The highest BCUT2D eigenvalue weighted by Gasteiger charge is 2.31. The van der Waals surface area contributed by atoms with Gasteiger partial charge < -0.3 is 5.32 Å². The van der Waals surface area contributed by atoms with Crippen LogP contribution in [0.3, 0.4) is 0 Å². The third-order valence-corrected chi connectivity index (χ3v) is 6.01. The molecule has 2 rings (SSSR count). The molecule has 0 aromatic carbocycles. The Hall–Kier alpha value is 0.310. The van der Waals surface area contributed by atoms with Crippen molar-refractivity contribution in [3.63, 3.8) is 0 Å². The minimum absolute atomic E-state index is 0.537. The number of nitrogens with one attached hydrogen (secondary N) is 1. The van der Waals surface area contributed by atoms with Crippen molar-refractivity contribution >= 4 is 11.8 Å². The molecule has 1 aliphatic carbocycles. The third-order valence-electron chi connectivity index (χ3n) is 4.47. The second-order valence-electron chi connectivity index (χ2n) is 5.84. The summed E-state index contributed by atoms with van der Waals surface area (Å²) in [6.07, 6.45) is 9.97. The van der Waals surface area contributed by atoms with Crippen molar-refractivity contribution in [3.05, 3.63) is 0 Å². The van der Waals surface area contributed by atoms with Gasteiger partial charge in [-0.15, -0.1) is 0 Å². The summed E-state index contributed by atoms with van der Waals surface area (Å²) in [5.74, 6) is 2.32. The first-order chi connectivity index (χ1) is 7.73. The summed E-state index contributed by atoms with van der Waals surface area (Å²) in [7, 11) is 0. The van der Waals surface area contributed by atoms with E-state index in [1.165, 1.54) is 57.2 Å². The monoisotopic (exact) mass is 241 g/mol. The molecular formula is C14H27NS. The predicted octanol–water partition coefficient (Wildman–Crippen LogP) is 3.83. The van der Waals surface area contributed by atoms with Gasteiger partial charge in [0.1, 0.15) is 0 Å². The topological polar surface area (TPSA) is 12.0 Å². The van der Waals surface area contributed by atoms with Crippen LogP contribution in [0.25, 0.3) is 0 Å². The molecular weight excluding hydrogens is 214 g/mol. The lowest BCUT2D eigenvalue weighted by atomic mass is 9.82. The largest absolute Gasteiger partial charge is 0.312 e. The van der Waals surface area contributed by atoms with E-state index in [1.807, 2.05) is 0 Å². The number of hydrogen-bond donors (Lipinski definition) is 1. The van der Waals surface area contributed by atoms with E-state index in [1.54, 1.807) is 0 Å². The molecule has 0 radical (unpaired) electrons. The zero-order valence-corrected chi connectivity index (χ0v) is 11.7. The Morgan fingerprint density at radius 3 is 2.75 bits per heavy atom. The number of rotatable bonds is 4. The molecule has 1 saturated heterocycles. The quantitative estimate of drug-likeness (QED) is 0.803. The van der Waals surface area contributed by atoms with E-state index in [0.717, 1.165) is 12.0 Å². The lowest BCUT2D eigenvalue weighted by molar-refractivity contribution is 0.250. The van der Waals surface area contributed by atoms with Gasteiger partial charge >= 0.3 is 0 Å². The molecule has 0 amide bonds. The van der Waals surface area contributed by atoms with Crippen LogP contribution in [-0.4, -0.2) is 23.1 Å². The Morgan fingerprint density at radius 1 is 1.25 bits per heavy atom. The van der Waals surface area contributed by atoms with E-state index < -0.39 is 0 Å². The van der Waals surface area contributed by atoms with Crippen LogP contribution in [0.1, 0.15) is 58.8 Å². The van der Waals surface area contributed by atoms with E-state index in [2.05, 4.69) is 30.9 Å². The summed E-state index contributed by atoms with van der Waals surface area (Å²) in [6, 6.07) is 0.816. The van der Waals surface area contributed by atoms with Crippen LogP contribution in [0.2, 0.25) is 0 Å². The second kappa shape index (κ2) is 5.77. The molecule has 0 spiro atoms. The van der Waals surface area contributed by atoms with E-state index in [4.69, 9.17) is 0 Å². The summed E-state index contributed by atoms with van der Waals surface area (Å²) >= 11 is 2.18. The van der Waals surface area contributed by atoms with Crippen LogP contribution >= 0.6 is 11.8 Å². The minimum atomic E-state index is 0.537. The Kier molecular flexibility index (Phi) is 4.60. The van der Waals surface area contributed by atoms with E-state index in [9.17, 15) is 0 Å². The van der Waals surface area contributed by atoms with Crippen LogP contribution in [-0.2, 0) is 0 Å². The van der Waals surface area contributed by atoms with Gasteiger partial charge in [0.25, 0.3) is 0 Å². The maximum atomic E-state index is 3.88. The number of thioether (sulfide) groups is 1. The average molecular weight is 241 g/mol. The van der Waals surface area contributed by atoms with E-state index >= 15 is 0 Å². The molecule has 0 aromatic heterocycles. The van der Waals surface area contributed by atoms with Crippen molar-refractivity contribution in [1.82, 2.24) is 5.32 Å². The van der Waals surface area contributed by atoms with Gasteiger partial charge in [-0.3, -0.25) is 0 Å². The molecule has 16 heavy (non-hydrogen) atoms. The first kappa shape index (κ1) is 12.8. The van der Waals surface area contributed by atoms with Crippen molar-refractivity contribution in [2.24, 2.45) is 5.92 Å². The highest BCUT2D eigenvalue weighted by atomic mass is 32.2. The van der Waals surface area contributed by atoms with Crippen LogP contribution in [0.15, 0.2) is 0 Å². The molecule has 1 N–H and O–H groups in total. The average Bonchev–Trinajstić information content (AvgIpc) is 2.74. The summed E-state index contributed by atoms with van der Waals surface area (Å²) in [6.45, 7) is 6.04. The molecule has 2 aliphatic rings. The fourth-order valence-corrected chi connectivity index (χ4v) is 4.54. The SMILES string of the molecule is CCC1CCCCC1NCC1(C)CCCS1. The molecule has 1 aliphatic heterocycles. The molecule has 2 heteroatoms. The van der Waals surface area contributed by atoms with Gasteiger partial charge in [0.2, 0.25) is 0 Å². The zero-order valence-electron chi connectivity index (χ0n) is 10.9. The lowest BCUT2D eigenvalue weighted by Gasteiger charge is -2.34. The van der Waals surface area contributed by atoms with Crippen LogP contribution < -0.4 is 5.32 Å². The van der Waals surface area contributed by atoms with Crippen LogP contribution in [0.4, 0.5) is 0 Å². The molecule has 3 atom stereocenters. The second-order valence-corrected chi connectivity index (χ2v) is 7.52. The van der Waals surface area contributed by atoms with Crippen molar-refractivity contribution in [3.8, 4) is 0 Å². The molecule has 1 nitrogen and oxygen atoms in total. The lowest BCUT2D eigenvalue weighted by Crippen LogP contribution is -2.44. The molecule has 0 bridgehead atoms. The van der Waals surface area contributed by atoms with Crippen molar-refractivity contribution < 1.29 is 0 Å². The van der Waals surface area contributed by atoms with Crippen LogP contribution in [0.5, 0.6) is 0 Å². The molecule has 1 saturated carbocycles.